The van der Waals surface area contributed by atoms with E-state index in [-0.39, 0.29) is 24.1 Å². The Balaban J connectivity index is 1.42. The van der Waals surface area contributed by atoms with Crippen molar-refractivity contribution in [3.05, 3.63) is 65.2 Å². The van der Waals surface area contributed by atoms with Gasteiger partial charge in [0.15, 0.2) is 0 Å². The largest absolute Gasteiger partial charge is 0.416 e. The van der Waals surface area contributed by atoms with E-state index >= 15 is 0 Å². The van der Waals surface area contributed by atoms with Gasteiger partial charge in [0.2, 0.25) is 11.8 Å². The van der Waals surface area contributed by atoms with E-state index in [9.17, 15) is 27.6 Å². The number of likely N-dealkylation sites (tertiary alicyclic amines) is 1. The van der Waals surface area contributed by atoms with E-state index in [2.05, 4.69) is 20.9 Å². The summed E-state index contributed by atoms with van der Waals surface area (Å²) in [6.07, 6.45) is -3.80. The Morgan fingerprint density at radius 1 is 1.09 bits per heavy atom. The molecule has 0 aromatic heterocycles. The van der Waals surface area contributed by atoms with Gasteiger partial charge in [0.05, 0.1) is 12.1 Å². The molecular formula is C23H25F3N4O3. The number of carbonyl (C=O) groups excluding carboxylic acids is 3. The lowest BCUT2D eigenvalue weighted by molar-refractivity contribution is -0.137. The van der Waals surface area contributed by atoms with Crippen molar-refractivity contribution in [2.24, 2.45) is 0 Å². The van der Waals surface area contributed by atoms with Crippen LogP contribution in [0.25, 0.3) is 0 Å². The molecule has 10 heteroatoms. The van der Waals surface area contributed by atoms with E-state index in [1.807, 2.05) is 24.3 Å². The number of rotatable bonds is 7. The molecule has 2 aromatic carbocycles. The van der Waals surface area contributed by atoms with Gasteiger partial charge in [0, 0.05) is 43.9 Å². The molecule has 7 nitrogen and oxygen atoms in total. The third-order valence-corrected chi connectivity index (χ3v) is 5.18. The van der Waals surface area contributed by atoms with E-state index in [1.165, 1.54) is 13.0 Å². The Labute approximate surface area is 189 Å². The van der Waals surface area contributed by atoms with Gasteiger partial charge in [-0.25, -0.2) is 0 Å². The van der Waals surface area contributed by atoms with Crippen LogP contribution in [-0.4, -0.2) is 48.3 Å². The normalized spacial score (nSPS) is 16.3. The zero-order valence-corrected chi connectivity index (χ0v) is 18.0. The molecule has 0 spiro atoms. The van der Waals surface area contributed by atoms with Gasteiger partial charge >= 0.3 is 6.18 Å². The summed E-state index contributed by atoms with van der Waals surface area (Å²) in [5.41, 5.74) is 0.721. The van der Waals surface area contributed by atoms with Crippen LogP contribution < -0.4 is 16.0 Å². The summed E-state index contributed by atoms with van der Waals surface area (Å²) >= 11 is 0. The molecule has 0 unspecified atom stereocenters. The highest BCUT2D eigenvalue weighted by Crippen LogP contribution is 2.29. The molecule has 33 heavy (non-hydrogen) atoms. The lowest BCUT2D eigenvalue weighted by Crippen LogP contribution is -2.43. The predicted molar refractivity (Wildman–Crippen MR) is 116 cm³/mol. The summed E-state index contributed by atoms with van der Waals surface area (Å²) in [6, 6.07) is 11.5. The minimum absolute atomic E-state index is 0.0818. The molecule has 176 valence electrons. The van der Waals surface area contributed by atoms with Crippen LogP contribution in [0.2, 0.25) is 0 Å². The van der Waals surface area contributed by atoms with Crippen molar-refractivity contribution < 1.29 is 27.6 Å². The number of anilines is 1. The first kappa shape index (κ1) is 24.2. The van der Waals surface area contributed by atoms with Crippen molar-refractivity contribution in [2.75, 3.05) is 25.0 Å². The fourth-order valence-corrected chi connectivity index (χ4v) is 3.63. The van der Waals surface area contributed by atoms with Gasteiger partial charge in [0.25, 0.3) is 5.91 Å². The number of nitrogens with one attached hydrogen (secondary N) is 3. The van der Waals surface area contributed by atoms with Crippen LogP contribution >= 0.6 is 0 Å². The molecule has 1 aliphatic rings. The fraction of sp³-hybridized carbons (Fsp3) is 0.348. The second-order valence-corrected chi connectivity index (χ2v) is 7.93. The summed E-state index contributed by atoms with van der Waals surface area (Å²) in [7, 11) is 0. The van der Waals surface area contributed by atoms with Crippen molar-refractivity contribution in [1.29, 1.82) is 0 Å². The fourth-order valence-electron chi connectivity index (χ4n) is 3.63. The number of nitrogens with zero attached hydrogens (tertiary/aromatic N) is 1. The number of hydrogen-bond donors (Lipinski definition) is 3. The first-order chi connectivity index (χ1) is 15.6. The SMILES string of the molecule is CC(=O)Nc1ccc(CN2CC[C@@H](NC(=O)CNC(=O)c3cccc(C(F)(F)F)c3)C2)cc1. The molecule has 0 aliphatic carbocycles. The van der Waals surface area contributed by atoms with Gasteiger partial charge in [-0.15, -0.1) is 0 Å². The number of benzene rings is 2. The minimum atomic E-state index is -4.55. The van der Waals surface area contributed by atoms with E-state index in [4.69, 9.17) is 0 Å². The van der Waals surface area contributed by atoms with Gasteiger partial charge in [-0.05, 0) is 42.3 Å². The third-order valence-electron chi connectivity index (χ3n) is 5.18. The summed E-state index contributed by atoms with van der Waals surface area (Å²) in [4.78, 5) is 37.6. The maximum absolute atomic E-state index is 12.8. The summed E-state index contributed by atoms with van der Waals surface area (Å²) in [6.45, 7) is 3.24. The minimum Gasteiger partial charge on any atom is -0.350 e. The molecule has 1 fully saturated rings. The molecule has 0 radical (unpaired) electrons. The second kappa shape index (κ2) is 10.5. The zero-order chi connectivity index (χ0) is 24.0. The van der Waals surface area contributed by atoms with E-state index in [0.29, 0.717) is 13.1 Å². The monoisotopic (exact) mass is 462 g/mol. The van der Waals surface area contributed by atoms with Crippen LogP contribution in [0.5, 0.6) is 0 Å². The highest BCUT2D eigenvalue weighted by molar-refractivity contribution is 5.96. The Kier molecular flexibility index (Phi) is 7.70. The maximum Gasteiger partial charge on any atom is 0.416 e. The van der Waals surface area contributed by atoms with Gasteiger partial charge in [0.1, 0.15) is 0 Å². The van der Waals surface area contributed by atoms with E-state index in [1.54, 1.807) is 0 Å². The van der Waals surface area contributed by atoms with Crippen molar-refractivity contribution in [2.45, 2.75) is 32.1 Å². The zero-order valence-electron chi connectivity index (χ0n) is 18.0. The Bertz CT molecular complexity index is 1010. The molecule has 1 saturated heterocycles. The van der Waals surface area contributed by atoms with Crippen molar-refractivity contribution >= 4 is 23.4 Å². The van der Waals surface area contributed by atoms with Crippen LogP contribution in [-0.2, 0) is 22.3 Å². The molecule has 0 saturated carbocycles. The molecular weight excluding hydrogens is 437 g/mol. The maximum atomic E-state index is 12.8. The number of alkyl halides is 3. The summed E-state index contributed by atoms with van der Waals surface area (Å²) < 4.78 is 38.4. The van der Waals surface area contributed by atoms with E-state index < -0.39 is 23.6 Å². The highest BCUT2D eigenvalue weighted by atomic mass is 19.4. The van der Waals surface area contributed by atoms with Gasteiger partial charge in [-0.3, -0.25) is 19.3 Å². The molecule has 2 aromatic rings. The lowest BCUT2D eigenvalue weighted by atomic mass is 10.1. The van der Waals surface area contributed by atoms with Gasteiger partial charge in [-0.1, -0.05) is 18.2 Å². The first-order valence-corrected chi connectivity index (χ1v) is 10.4. The number of hydrogen-bond acceptors (Lipinski definition) is 4. The Morgan fingerprint density at radius 2 is 1.82 bits per heavy atom. The number of amides is 3. The molecule has 3 N–H and O–H groups in total. The number of halogens is 3. The molecule has 3 amide bonds. The van der Waals surface area contributed by atoms with Crippen LogP contribution in [0.1, 0.15) is 34.8 Å². The summed E-state index contributed by atoms with van der Waals surface area (Å²) in [5, 5.41) is 7.92. The molecule has 1 aliphatic heterocycles. The average molecular weight is 462 g/mol. The van der Waals surface area contributed by atoms with Crippen LogP contribution in [0.4, 0.5) is 18.9 Å². The van der Waals surface area contributed by atoms with Crippen molar-refractivity contribution in [3.63, 3.8) is 0 Å². The lowest BCUT2D eigenvalue weighted by Gasteiger charge is -2.17. The van der Waals surface area contributed by atoms with Gasteiger partial charge in [-0.2, -0.15) is 13.2 Å². The number of carbonyl (C=O) groups is 3. The molecule has 1 atom stereocenters. The van der Waals surface area contributed by atoms with Crippen LogP contribution in [0, 0.1) is 0 Å². The summed E-state index contributed by atoms with van der Waals surface area (Å²) in [5.74, 6) is -1.28. The van der Waals surface area contributed by atoms with E-state index in [0.717, 1.165) is 42.4 Å². The topological polar surface area (TPSA) is 90.5 Å². The van der Waals surface area contributed by atoms with Crippen molar-refractivity contribution in [3.8, 4) is 0 Å². The third kappa shape index (κ3) is 7.31. The Morgan fingerprint density at radius 3 is 2.48 bits per heavy atom. The van der Waals surface area contributed by atoms with Crippen LogP contribution in [0.15, 0.2) is 48.5 Å². The quantitative estimate of drug-likeness (QED) is 0.590. The second-order valence-electron chi connectivity index (χ2n) is 7.93. The predicted octanol–water partition coefficient (Wildman–Crippen LogP) is 2.78. The highest BCUT2D eigenvalue weighted by Gasteiger charge is 2.31. The van der Waals surface area contributed by atoms with Gasteiger partial charge < -0.3 is 16.0 Å². The van der Waals surface area contributed by atoms with Crippen LogP contribution in [0.3, 0.4) is 0 Å². The standard InChI is InChI=1S/C23H25F3N4O3/c1-15(31)28-19-7-5-16(6-8-19)13-30-10-9-20(14-30)29-21(32)12-27-22(33)17-3-2-4-18(11-17)23(24,25)26/h2-8,11,20H,9-10,12-14H2,1H3,(H,27,33)(H,28,31)(H,29,32)/t20-/m1/s1. The first-order valence-electron chi connectivity index (χ1n) is 10.4. The smallest absolute Gasteiger partial charge is 0.350 e. The molecule has 1 heterocycles. The molecule has 0 bridgehead atoms. The Hall–Kier alpha value is -3.40. The van der Waals surface area contributed by atoms with Crippen molar-refractivity contribution in [1.82, 2.24) is 15.5 Å². The average Bonchev–Trinajstić information content (AvgIpc) is 3.19. The molecule has 3 rings (SSSR count).